The Bertz CT molecular complexity index is 909. The first kappa shape index (κ1) is 23.1. The Hall–Kier alpha value is -1.96. The SMILES string of the molecule is CC(C)(C)c1ccc(S(=O)(=O)NC(CS(C)(=O)=O)C(=O)NCCC#N)cc1. The average Bonchev–Trinajstić information content (AvgIpc) is 2.52. The number of sulfonamides is 1. The lowest BCUT2D eigenvalue weighted by Gasteiger charge is -2.20. The zero-order valence-corrected chi connectivity index (χ0v) is 17.4. The molecule has 0 saturated heterocycles. The maximum Gasteiger partial charge on any atom is 0.241 e. The molecule has 0 aliphatic rings. The number of nitrogens with zero attached hydrogens (tertiary/aromatic N) is 1. The standard InChI is InChI=1S/C17H25N3O5S2/c1-17(2,3)13-6-8-14(9-7-13)27(24,25)20-15(12-26(4,22)23)16(21)19-11-5-10-18/h6-9,15,20H,5,11-12H2,1-4H3,(H,19,21). The molecule has 2 N–H and O–H groups in total. The van der Waals surface area contributed by atoms with Crippen molar-refractivity contribution >= 4 is 25.8 Å². The minimum Gasteiger partial charge on any atom is -0.354 e. The second-order valence-electron chi connectivity index (χ2n) is 7.24. The van der Waals surface area contributed by atoms with Gasteiger partial charge in [-0.3, -0.25) is 4.79 Å². The summed E-state index contributed by atoms with van der Waals surface area (Å²) in [5.41, 5.74) is 0.776. The van der Waals surface area contributed by atoms with Crippen molar-refractivity contribution in [1.82, 2.24) is 10.0 Å². The van der Waals surface area contributed by atoms with Gasteiger partial charge in [0.1, 0.15) is 15.9 Å². The predicted molar refractivity (Wildman–Crippen MR) is 102 cm³/mol. The fraction of sp³-hybridized carbons (Fsp3) is 0.529. The highest BCUT2D eigenvalue weighted by molar-refractivity contribution is 7.91. The van der Waals surface area contributed by atoms with Crippen LogP contribution in [-0.4, -0.2) is 47.3 Å². The molecule has 0 radical (unpaired) electrons. The molecule has 10 heteroatoms. The molecule has 0 aliphatic heterocycles. The van der Waals surface area contributed by atoms with E-state index >= 15 is 0 Å². The minimum atomic E-state index is -4.11. The average molecular weight is 416 g/mol. The Morgan fingerprint density at radius 1 is 1.15 bits per heavy atom. The van der Waals surface area contributed by atoms with Crippen LogP contribution in [0.5, 0.6) is 0 Å². The van der Waals surface area contributed by atoms with Gasteiger partial charge in [0.05, 0.1) is 23.1 Å². The second kappa shape index (κ2) is 8.82. The maximum atomic E-state index is 12.6. The number of rotatable bonds is 8. The maximum absolute atomic E-state index is 12.6. The highest BCUT2D eigenvalue weighted by atomic mass is 32.2. The highest BCUT2D eigenvalue weighted by Crippen LogP contribution is 2.23. The van der Waals surface area contributed by atoms with Crippen LogP contribution in [0.4, 0.5) is 0 Å². The number of hydrogen-bond donors (Lipinski definition) is 2. The first-order valence-electron chi connectivity index (χ1n) is 8.21. The van der Waals surface area contributed by atoms with Crippen molar-refractivity contribution in [2.45, 2.75) is 43.5 Å². The summed E-state index contributed by atoms with van der Waals surface area (Å²) in [7, 11) is -7.74. The molecule has 0 bridgehead atoms. The molecule has 150 valence electrons. The monoisotopic (exact) mass is 415 g/mol. The number of carbonyl (C=O) groups excluding carboxylic acids is 1. The third-order valence-corrected chi connectivity index (χ3v) is 6.08. The molecule has 1 atom stereocenters. The molecule has 0 fully saturated rings. The molecule has 1 unspecified atom stereocenters. The molecule has 1 amide bonds. The predicted octanol–water partition coefficient (Wildman–Crippen LogP) is 0.705. The topological polar surface area (TPSA) is 133 Å². The molecule has 1 aromatic carbocycles. The van der Waals surface area contributed by atoms with Crippen molar-refractivity contribution in [3.8, 4) is 6.07 Å². The van der Waals surface area contributed by atoms with Gasteiger partial charge < -0.3 is 5.32 Å². The van der Waals surface area contributed by atoms with E-state index in [4.69, 9.17) is 5.26 Å². The molecule has 1 aromatic rings. The van der Waals surface area contributed by atoms with Gasteiger partial charge in [-0.25, -0.2) is 16.8 Å². The Balaban J connectivity index is 3.07. The normalized spacial score (nSPS) is 13.6. The van der Waals surface area contributed by atoms with E-state index in [-0.39, 0.29) is 23.3 Å². The Labute approximate surface area is 160 Å². The number of carbonyl (C=O) groups is 1. The van der Waals surface area contributed by atoms with E-state index < -0.39 is 37.6 Å². The first-order valence-corrected chi connectivity index (χ1v) is 11.8. The molecule has 0 saturated carbocycles. The smallest absolute Gasteiger partial charge is 0.241 e. The van der Waals surface area contributed by atoms with Gasteiger partial charge in [0.2, 0.25) is 15.9 Å². The third kappa shape index (κ3) is 7.66. The molecule has 1 rings (SSSR count). The fourth-order valence-electron chi connectivity index (χ4n) is 2.22. The van der Waals surface area contributed by atoms with E-state index in [0.29, 0.717) is 0 Å². The highest BCUT2D eigenvalue weighted by Gasteiger charge is 2.29. The number of sulfone groups is 1. The van der Waals surface area contributed by atoms with E-state index in [1.54, 1.807) is 12.1 Å². The van der Waals surface area contributed by atoms with E-state index in [2.05, 4.69) is 10.0 Å². The van der Waals surface area contributed by atoms with Crippen molar-refractivity contribution in [3.63, 3.8) is 0 Å². The largest absolute Gasteiger partial charge is 0.354 e. The fourth-order valence-corrected chi connectivity index (χ4v) is 4.36. The zero-order valence-electron chi connectivity index (χ0n) is 15.8. The number of amides is 1. The van der Waals surface area contributed by atoms with Crippen molar-refractivity contribution < 1.29 is 21.6 Å². The van der Waals surface area contributed by atoms with Crippen LogP contribution in [0, 0.1) is 11.3 Å². The summed E-state index contributed by atoms with van der Waals surface area (Å²) in [6.45, 7) is 5.96. The van der Waals surface area contributed by atoms with Crippen molar-refractivity contribution in [2.24, 2.45) is 0 Å². The molecular weight excluding hydrogens is 390 g/mol. The summed E-state index contributed by atoms with van der Waals surface area (Å²) < 4.78 is 50.5. The Kier molecular flexibility index (Phi) is 7.54. The van der Waals surface area contributed by atoms with Gasteiger partial charge in [0, 0.05) is 12.8 Å². The lowest BCUT2D eigenvalue weighted by atomic mass is 9.87. The Morgan fingerprint density at radius 2 is 1.70 bits per heavy atom. The van der Waals surface area contributed by atoms with Gasteiger partial charge >= 0.3 is 0 Å². The quantitative estimate of drug-likeness (QED) is 0.601. The first-order chi connectivity index (χ1) is 12.3. The van der Waals surface area contributed by atoms with Gasteiger partial charge in [-0.05, 0) is 23.1 Å². The summed E-state index contributed by atoms with van der Waals surface area (Å²) >= 11 is 0. The number of hydrogen-bond acceptors (Lipinski definition) is 6. The van der Waals surface area contributed by atoms with Crippen LogP contribution >= 0.6 is 0 Å². The van der Waals surface area contributed by atoms with Gasteiger partial charge in [-0.2, -0.15) is 9.98 Å². The van der Waals surface area contributed by atoms with Gasteiger partial charge in [0.15, 0.2) is 0 Å². The zero-order chi connectivity index (χ0) is 20.9. The van der Waals surface area contributed by atoms with Crippen LogP contribution in [-0.2, 0) is 30.1 Å². The molecular formula is C17H25N3O5S2. The molecule has 8 nitrogen and oxygen atoms in total. The Morgan fingerprint density at radius 3 is 2.15 bits per heavy atom. The lowest BCUT2D eigenvalue weighted by molar-refractivity contribution is -0.122. The van der Waals surface area contributed by atoms with Crippen LogP contribution in [0.1, 0.15) is 32.8 Å². The minimum absolute atomic E-state index is 0.00238. The lowest BCUT2D eigenvalue weighted by Crippen LogP contribution is -2.50. The van der Waals surface area contributed by atoms with Gasteiger partial charge in [-0.1, -0.05) is 32.9 Å². The van der Waals surface area contributed by atoms with Gasteiger partial charge in [0.25, 0.3) is 0 Å². The number of nitriles is 1. The summed E-state index contributed by atoms with van der Waals surface area (Å²) in [4.78, 5) is 12.1. The van der Waals surface area contributed by atoms with Crippen molar-refractivity contribution in [2.75, 3.05) is 18.6 Å². The van der Waals surface area contributed by atoms with Crippen LogP contribution < -0.4 is 10.0 Å². The molecule has 0 spiro atoms. The summed E-state index contributed by atoms with van der Waals surface area (Å²) in [6.07, 6.45) is 0.938. The summed E-state index contributed by atoms with van der Waals surface area (Å²) in [5.74, 6) is -1.49. The van der Waals surface area contributed by atoms with Crippen LogP contribution in [0.15, 0.2) is 29.2 Å². The van der Waals surface area contributed by atoms with E-state index in [0.717, 1.165) is 11.8 Å². The van der Waals surface area contributed by atoms with Crippen LogP contribution in [0.25, 0.3) is 0 Å². The molecule has 27 heavy (non-hydrogen) atoms. The molecule has 0 heterocycles. The molecule has 0 aromatic heterocycles. The number of benzene rings is 1. The van der Waals surface area contributed by atoms with Crippen molar-refractivity contribution in [1.29, 1.82) is 5.26 Å². The van der Waals surface area contributed by atoms with Crippen LogP contribution in [0.3, 0.4) is 0 Å². The van der Waals surface area contributed by atoms with Crippen molar-refractivity contribution in [3.05, 3.63) is 29.8 Å². The van der Waals surface area contributed by atoms with Crippen LogP contribution in [0.2, 0.25) is 0 Å². The summed E-state index contributed by atoms with van der Waals surface area (Å²) in [5, 5.41) is 10.9. The third-order valence-electron chi connectivity index (χ3n) is 3.65. The van der Waals surface area contributed by atoms with E-state index in [1.165, 1.54) is 12.1 Å². The van der Waals surface area contributed by atoms with E-state index in [1.807, 2.05) is 26.8 Å². The number of nitrogens with one attached hydrogen (secondary N) is 2. The molecule has 0 aliphatic carbocycles. The summed E-state index contributed by atoms with van der Waals surface area (Å²) in [6, 6.07) is 6.50. The van der Waals surface area contributed by atoms with Gasteiger partial charge in [-0.15, -0.1) is 0 Å². The van der Waals surface area contributed by atoms with E-state index in [9.17, 15) is 21.6 Å². The second-order valence-corrected chi connectivity index (χ2v) is 11.1.